The van der Waals surface area contributed by atoms with Gasteiger partial charge in [-0.05, 0) is 50.1 Å². The van der Waals surface area contributed by atoms with Gasteiger partial charge in [-0.15, -0.1) is 0 Å². The van der Waals surface area contributed by atoms with Crippen molar-refractivity contribution >= 4 is 27.6 Å². The average Bonchev–Trinajstić information content (AvgIpc) is 2.86. The van der Waals surface area contributed by atoms with Crippen molar-refractivity contribution in [2.45, 2.75) is 37.1 Å². The largest absolute Gasteiger partial charge is 0.486 e. The van der Waals surface area contributed by atoms with E-state index in [0.29, 0.717) is 49.5 Å². The second-order valence-electron chi connectivity index (χ2n) is 8.01. The van der Waals surface area contributed by atoms with E-state index in [4.69, 9.17) is 9.47 Å². The SMILES string of the molecule is CC(=O)c1ccc(S(=O)(=O)N2CCCCC2C(=O)NNC(=O)c2ccc3c(c2)OCCO3)cc1. The van der Waals surface area contributed by atoms with Crippen molar-refractivity contribution in [2.75, 3.05) is 19.8 Å². The molecule has 2 N–H and O–H groups in total. The lowest BCUT2D eigenvalue weighted by molar-refractivity contribution is -0.126. The van der Waals surface area contributed by atoms with Gasteiger partial charge >= 0.3 is 0 Å². The predicted octanol–water partition coefficient (Wildman–Crippen LogP) is 1.66. The van der Waals surface area contributed by atoms with E-state index in [-0.39, 0.29) is 22.8 Å². The van der Waals surface area contributed by atoms with Crippen LogP contribution in [0.3, 0.4) is 0 Å². The fraction of sp³-hybridized carbons (Fsp3) is 0.348. The number of ether oxygens (including phenoxy) is 2. The summed E-state index contributed by atoms with van der Waals surface area (Å²) in [4.78, 5) is 36.9. The van der Waals surface area contributed by atoms with E-state index in [1.165, 1.54) is 43.3 Å². The molecule has 2 heterocycles. The molecule has 1 fully saturated rings. The standard InChI is InChI=1S/C23H25N3O7S/c1-15(27)16-5-8-18(9-6-16)34(30,31)26-11-3-2-4-19(26)23(29)25-24-22(28)17-7-10-20-21(14-17)33-13-12-32-20/h5-10,14,19H,2-4,11-13H2,1H3,(H,24,28)(H,25,29). The van der Waals surface area contributed by atoms with E-state index in [0.717, 1.165) is 4.31 Å². The summed E-state index contributed by atoms with van der Waals surface area (Å²) >= 11 is 0. The van der Waals surface area contributed by atoms with Crippen LogP contribution in [0, 0.1) is 0 Å². The fourth-order valence-electron chi connectivity index (χ4n) is 3.91. The molecule has 1 atom stereocenters. The number of amides is 2. The van der Waals surface area contributed by atoms with Gasteiger partial charge in [-0.2, -0.15) is 4.31 Å². The molecule has 1 saturated heterocycles. The quantitative estimate of drug-likeness (QED) is 0.484. The van der Waals surface area contributed by atoms with Gasteiger partial charge in [0.25, 0.3) is 11.8 Å². The molecule has 2 aliphatic rings. The number of benzene rings is 2. The number of hydrazine groups is 1. The number of piperidine rings is 1. The number of sulfonamides is 1. The summed E-state index contributed by atoms with van der Waals surface area (Å²) in [5.74, 6) is -0.408. The van der Waals surface area contributed by atoms with E-state index >= 15 is 0 Å². The smallest absolute Gasteiger partial charge is 0.269 e. The molecule has 0 aromatic heterocycles. The summed E-state index contributed by atoms with van der Waals surface area (Å²) in [5.41, 5.74) is 5.34. The van der Waals surface area contributed by atoms with Crippen molar-refractivity contribution < 1.29 is 32.3 Å². The highest BCUT2D eigenvalue weighted by Crippen LogP contribution is 2.30. The molecule has 10 nitrogen and oxygen atoms in total. The van der Waals surface area contributed by atoms with Gasteiger partial charge in [-0.3, -0.25) is 25.2 Å². The zero-order valence-corrected chi connectivity index (χ0v) is 19.4. The van der Waals surface area contributed by atoms with Crippen LogP contribution in [0.5, 0.6) is 11.5 Å². The number of ketones is 1. The lowest BCUT2D eigenvalue weighted by Crippen LogP contribution is -2.55. The van der Waals surface area contributed by atoms with Crippen molar-refractivity contribution in [1.29, 1.82) is 0 Å². The highest BCUT2D eigenvalue weighted by molar-refractivity contribution is 7.89. The van der Waals surface area contributed by atoms with Crippen LogP contribution in [0.15, 0.2) is 47.4 Å². The van der Waals surface area contributed by atoms with Crippen LogP contribution in [0.1, 0.15) is 46.9 Å². The maximum atomic E-state index is 13.2. The molecule has 0 spiro atoms. The van der Waals surface area contributed by atoms with Crippen LogP contribution in [0.2, 0.25) is 0 Å². The zero-order valence-electron chi connectivity index (χ0n) is 18.6. The molecule has 2 aliphatic heterocycles. The first kappa shape index (κ1) is 23.7. The van der Waals surface area contributed by atoms with Gasteiger partial charge in [0.05, 0.1) is 4.90 Å². The van der Waals surface area contributed by atoms with Gasteiger partial charge in [-0.1, -0.05) is 18.6 Å². The molecule has 34 heavy (non-hydrogen) atoms. The third kappa shape index (κ3) is 4.90. The van der Waals surface area contributed by atoms with E-state index in [1.807, 2.05) is 0 Å². The minimum Gasteiger partial charge on any atom is -0.486 e. The second kappa shape index (κ2) is 9.82. The Morgan fingerprint density at radius 3 is 2.29 bits per heavy atom. The number of nitrogens with zero attached hydrogens (tertiary/aromatic N) is 1. The Balaban J connectivity index is 1.45. The number of hydrogen-bond donors (Lipinski definition) is 2. The Morgan fingerprint density at radius 1 is 0.912 bits per heavy atom. The topological polar surface area (TPSA) is 131 Å². The summed E-state index contributed by atoms with van der Waals surface area (Å²) in [6.07, 6.45) is 1.60. The number of carbonyl (C=O) groups is 3. The Labute approximate surface area is 197 Å². The molecule has 0 saturated carbocycles. The molecule has 0 aliphatic carbocycles. The van der Waals surface area contributed by atoms with E-state index in [1.54, 1.807) is 6.07 Å². The number of hydrogen-bond acceptors (Lipinski definition) is 7. The Kier molecular flexibility index (Phi) is 6.85. The zero-order chi connectivity index (χ0) is 24.3. The van der Waals surface area contributed by atoms with Crippen LogP contribution in [0.25, 0.3) is 0 Å². The normalized spacial score (nSPS) is 18.1. The predicted molar refractivity (Wildman–Crippen MR) is 121 cm³/mol. The number of fused-ring (bicyclic) bond motifs is 1. The van der Waals surface area contributed by atoms with Crippen LogP contribution in [-0.2, 0) is 14.8 Å². The highest BCUT2D eigenvalue weighted by atomic mass is 32.2. The minimum atomic E-state index is -3.98. The van der Waals surface area contributed by atoms with Crippen LogP contribution < -0.4 is 20.3 Å². The Hall–Kier alpha value is -3.44. The molecule has 2 amide bonds. The first-order chi connectivity index (χ1) is 16.3. The van der Waals surface area contributed by atoms with Crippen LogP contribution in [-0.4, -0.2) is 56.1 Å². The van der Waals surface area contributed by atoms with Crippen molar-refractivity contribution in [2.24, 2.45) is 0 Å². The van der Waals surface area contributed by atoms with Crippen LogP contribution >= 0.6 is 0 Å². The Morgan fingerprint density at radius 2 is 1.59 bits per heavy atom. The molecule has 4 rings (SSSR count). The van der Waals surface area contributed by atoms with Gasteiger partial charge in [0.15, 0.2) is 17.3 Å². The van der Waals surface area contributed by atoms with E-state index in [2.05, 4.69) is 10.9 Å². The molecule has 0 radical (unpaired) electrons. The van der Waals surface area contributed by atoms with Gasteiger partial charge < -0.3 is 9.47 Å². The minimum absolute atomic E-state index is 0.00230. The number of carbonyl (C=O) groups excluding carboxylic acids is 3. The van der Waals surface area contributed by atoms with Gasteiger partial charge in [-0.25, -0.2) is 8.42 Å². The van der Waals surface area contributed by atoms with Gasteiger partial charge in [0.2, 0.25) is 10.0 Å². The third-order valence-electron chi connectivity index (χ3n) is 5.73. The molecule has 11 heteroatoms. The monoisotopic (exact) mass is 487 g/mol. The third-order valence-corrected chi connectivity index (χ3v) is 7.65. The van der Waals surface area contributed by atoms with Crippen LogP contribution in [0.4, 0.5) is 0 Å². The van der Waals surface area contributed by atoms with Gasteiger partial charge in [0.1, 0.15) is 19.3 Å². The summed E-state index contributed by atoms with van der Waals surface area (Å²) < 4.78 is 38.5. The number of rotatable bonds is 5. The summed E-state index contributed by atoms with van der Waals surface area (Å²) in [6, 6.07) is 9.29. The van der Waals surface area contributed by atoms with E-state index in [9.17, 15) is 22.8 Å². The first-order valence-corrected chi connectivity index (χ1v) is 12.3. The lowest BCUT2D eigenvalue weighted by atomic mass is 10.0. The summed E-state index contributed by atoms with van der Waals surface area (Å²) in [6.45, 7) is 2.37. The lowest BCUT2D eigenvalue weighted by Gasteiger charge is -2.33. The van der Waals surface area contributed by atoms with Crippen molar-refractivity contribution in [1.82, 2.24) is 15.2 Å². The molecular weight excluding hydrogens is 462 g/mol. The molecule has 2 aromatic carbocycles. The van der Waals surface area contributed by atoms with Crippen molar-refractivity contribution in [3.63, 3.8) is 0 Å². The Bertz CT molecular complexity index is 1210. The maximum Gasteiger partial charge on any atom is 0.269 e. The first-order valence-electron chi connectivity index (χ1n) is 10.9. The second-order valence-corrected chi connectivity index (χ2v) is 9.90. The van der Waals surface area contributed by atoms with E-state index < -0.39 is 27.9 Å². The maximum absolute atomic E-state index is 13.2. The molecule has 0 bridgehead atoms. The molecule has 2 aromatic rings. The van der Waals surface area contributed by atoms with Gasteiger partial charge in [0, 0.05) is 17.7 Å². The number of Topliss-reactive ketones (excluding diaryl/α,β-unsaturated/α-hetero) is 1. The highest BCUT2D eigenvalue weighted by Gasteiger charge is 2.37. The fourth-order valence-corrected chi connectivity index (χ4v) is 5.57. The summed E-state index contributed by atoms with van der Waals surface area (Å²) in [7, 11) is -3.98. The summed E-state index contributed by atoms with van der Waals surface area (Å²) in [5, 5.41) is 0. The average molecular weight is 488 g/mol. The van der Waals surface area contributed by atoms with Crippen molar-refractivity contribution in [3.05, 3.63) is 53.6 Å². The number of nitrogens with one attached hydrogen (secondary N) is 2. The molecule has 1 unspecified atom stereocenters. The molecular formula is C23H25N3O7S. The molecule has 180 valence electrons. The van der Waals surface area contributed by atoms with Crippen molar-refractivity contribution in [3.8, 4) is 11.5 Å².